The molecule has 0 bridgehead atoms. The minimum absolute atomic E-state index is 0.00279. The first kappa shape index (κ1) is 18.9. The van der Waals surface area contributed by atoms with E-state index in [1.54, 1.807) is 5.32 Å². The first-order chi connectivity index (χ1) is 10.2. The number of carbonyl (C=O) groups is 2. The number of aliphatic hydroxyl groups is 1. The summed E-state index contributed by atoms with van der Waals surface area (Å²) in [6, 6.07) is -1.63. The van der Waals surface area contributed by atoms with Crippen LogP contribution in [0.1, 0.15) is 20.3 Å². The quantitative estimate of drug-likeness (QED) is 0.593. The number of nitrogens with one attached hydrogen (secondary N) is 1. The van der Waals surface area contributed by atoms with Crippen molar-refractivity contribution in [2.24, 2.45) is 5.10 Å². The molecule has 6 nitrogen and oxygen atoms in total. The lowest BCUT2D eigenvalue weighted by molar-refractivity contribution is -0.297. The Morgan fingerprint density at radius 1 is 1.30 bits per heavy atom. The lowest BCUT2D eigenvalue weighted by atomic mass is 10.1. The number of hydrogen-bond acceptors (Lipinski definition) is 4. The summed E-state index contributed by atoms with van der Waals surface area (Å²) in [7, 11) is 0. The van der Waals surface area contributed by atoms with Crippen molar-refractivity contribution in [1.82, 2.24) is 10.3 Å². The van der Waals surface area contributed by atoms with Gasteiger partial charge in [0.05, 0.1) is 0 Å². The number of alkyl halides is 6. The van der Waals surface area contributed by atoms with E-state index in [0.29, 0.717) is 0 Å². The molecule has 1 aliphatic rings. The Hall–Kier alpha value is -2.11. The van der Waals surface area contributed by atoms with Crippen molar-refractivity contribution >= 4 is 17.5 Å². The fourth-order valence-electron chi connectivity index (χ4n) is 1.69. The Labute approximate surface area is 125 Å². The molecular weight excluding hydrogens is 336 g/mol. The highest BCUT2D eigenvalue weighted by Crippen LogP contribution is 2.40. The van der Waals surface area contributed by atoms with Crippen LogP contribution in [0.4, 0.5) is 31.1 Å². The van der Waals surface area contributed by atoms with Crippen molar-refractivity contribution in [1.29, 1.82) is 0 Å². The first-order valence-electron chi connectivity index (χ1n) is 5.92. The van der Waals surface area contributed by atoms with Gasteiger partial charge in [0.2, 0.25) is 0 Å². The maximum Gasteiger partial charge on any atom is 0.454 e. The fraction of sp³-hybridized carbons (Fsp3) is 0.545. The average Bonchev–Trinajstić information content (AvgIpc) is 2.63. The highest BCUT2D eigenvalue weighted by Gasteiger charge is 2.62. The molecule has 0 spiro atoms. The molecule has 0 aromatic heterocycles. The van der Waals surface area contributed by atoms with Gasteiger partial charge in [-0.05, 0) is 13.8 Å². The van der Waals surface area contributed by atoms with Crippen molar-refractivity contribution in [2.75, 3.05) is 0 Å². The van der Waals surface area contributed by atoms with Crippen LogP contribution in [0, 0.1) is 0 Å². The minimum Gasteiger partial charge on any atom is -0.362 e. The van der Waals surface area contributed by atoms with E-state index < -0.39 is 42.0 Å². The predicted molar refractivity (Wildman–Crippen MR) is 63.9 cm³/mol. The Morgan fingerprint density at radius 3 is 2.26 bits per heavy atom. The number of hydrazone groups is 1. The topological polar surface area (TPSA) is 82.0 Å². The van der Waals surface area contributed by atoms with Gasteiger partial charge in [-0.15, -0.1) is 0 Å². The third kappa shape index (κ3) is 4.00. The molecule has 1 aliphatic heterocycles. The van der Waals surface area contributed by atoms with Gasteiger partial charge in [-0.25, -0.2) is 4.79 Å². The monoisotopic (exact) mass is 347 g/mol. The normalized spacial score (nSPS) is 22.9. The summed E-state index contributed by atoms with van der Waals surface area (Å²) in [5.74, 6) is -2.30. The molecule has 0 saturated heterocycles. The Morgan fingerprint density at radius 2 is 1.83 bits per heavy atom. The number of allylic oxidation sites excluding steroid dienone is 2. The van der Waals surface area contributed by atoms with Crippen LogP contribution in [-0.4, -0.2) is 45.7 Å². The molecule has 0 saturated carbocycles. The van der Waals surface area contributed by atoms with E-state index in [9.17, 15) is 41.0 Å². The van der Waals surface area contributed by atoms with Gasteiger partial charge in [-0.3, -0.25) is 4.79 Å². The molecule has 2 N–H and O–H groups in total. The second-order valence-corrected chi connectivity index (χ2v) is 4.76. The summed E-state index contributed by atoms with van der Waals surface area (Å²) in [6.07, 6.45) is -11.4. The number of ketones is 1. The van der Waals surface area contributed by atoms with E-state index in [-0.39, 0.29) is 16.8 Å². The molecule has 1 rings (SSSR count). The molecule has 23 heavy (non-hydrogen) atoms. The van der Waals surface area contributed by atoms with E-state index in [4.69, 9.17) is 0 Å². The van der Waals surface area contributed by atoms with Crippen LogP contribution in [0.3, 0.4) is 0 Å². The minimum atomic E-state index is -5.25. The molecule has 0 fully saturated rings. The molecule has 0 aromatic rings. The van der Waals surface area contributed by atoms with Crippen LogP contribution in [0.15, 0.2) is 16.9 Å². The van der Waals surface area contributed by atoms with Crippen molar-refractivity contribution < 1.29 is 41.0 Å². The maximum atomic E-state index is 12.9. The van der Waals surface area contributed by atoms with Gasteiger partial charge in [0.25, 0.3) is 11.5 Å². The Kier molecular flexibility index (Phi) is 4.80. The van der Waals surface area contributed by atoms with Crippen LogP contribution < -0.4 is 5.32 Å². The van der Waals surface area contributed by atoms with Crippen LogP contribution in [-0.2, 0) is 4.79 Å². The molecule has 0 unspecified atom stereocenters. The number of carbonyl (C=O) groups excluding carboxylic acids is 2. The third-order valence-electron chi connectivity index (χ3n) is 2.70. The summed E-state index contributed by atoms with van der Waals surface area (Å²) in [5.41, 5.74) is -4.50. The van der Waals surface area contributed by atoms with E-state index in [2.05, 4.69) is 5.10 Å². The highest BCUT2D eigenvalue weighted by atomic mass is 19.4. The number of urea groups is 1. The summed E-state index contributed by atoms with van der Waals surface area (Å²) >= 11 is 0. The van der Waals surface area contributed by atoms with Crippen LogP contribution >= 0.6 is 0 Å². The number of nitrogens with zero attached hydrogens (tertiary/aromatic N) is 2. The van der Waals surface area contributed by atoms with Gasteiger partial charge in [0.15, 0.2) is 0 Å². The lowest BCUT2D eigenvalue weighted by Gasteiger charge is -2.32. The van der Waals surface area contributed by atoms with Crippen LogP contribution in [0.5, 0.6) is 0 Å². The van der Waals surface area contributed by atoms with Crippen LogP contribution in [0.25, 0.3) is 0 Å². The predicted octanol–water partition coefficient (Wildman–Crippen LogP) is 2.06. The molecular formula is C11H11F6N3O3. The SMILES string of the molecule is CC1=NN(C(=O)N/C(C)=C/C(=O)C(F)(F)F)[C@@](O)(C(F)(F)F)C1. The zero-order valence-corrected chi connectivity index (χ0v) is 11.7. The largest absolute Gasteiger partial charge is 0.454 e. The Balaban J connectivity index is 2.97. The van der Waals surface area contributed by atoms with Crippen molar-refractivity contribution in [3.05, 3.63) is 11.8 Å². The molecule has 0 aliphatic carbocycles. The number of rotatable bonds is 2. The molecule has 12 heteroatoms. The van der Waals surface area contributed by atoms with Crippen molar-refractivity contribution in [3.8, 4) is 0 Å². The molecule has 0 radical (unpaired) electrons. The molecule has 1 heterocycles. The molecule has 2 amide bonds. The number of halogens is 6. The summed E-state index contributed by atoms with van der Waals surface area (Å²) in [4.78, 5) is 22.4. The molecule has 130 valence electrons. The van der Waals surface area contributed by atoms with E-state index >= 15 is 0 Å². The second kappa shape index (κ2) is 5.83. The zero-order valence-electron chi connectivity index (χ0n) is 11.7. The van der Waals surface area contributed by atoms with Crippen LogP contribution in [0.2, 0.25) is 0 Å². The van der Waals surface area contributed by atoms with Gasteiger partial charge in [-0.1, -0.05) is 0 Å². The molecule has 0 aromatic carbocycles. The van der Waals surface area contributed by atoms with Gasteiger partial charge in [0.1, 0.15) is 0 Å². The maximum absolute atomic E-state index is 12.9. The fourth-order valence-corrected chi connectivity index (χ4v) is 1.69. The van der Waals surface area contributed by atoms with Gasteiger partial charge in [-0.2, -0.15) is 36.5 Å². The highest BCUT2D eigenvalue weighted by molar-refractivity contribution is 5.95. The van der Waals surface area contributed by atoms with Gasteiger partial charge >= 0.3 is 18.4 Å². The number of hydrogen-bond donors (Lipinski definition) is 2. The van der Waals surface area contributed by atoms with E-state index in [1.807, 2.05) is 0 Å². The van der Waals surface area contributed by atoms with Crippen molar-refractivity contribution in [3.63, 3.8) is 0 Å². The first-order valence-corrected chi connectivity index (χ1v) is 5.92. The van der Waals surface area contributed by atoms with Gasteiger partial charge < -0.3 is 10.4 Å². The summed E-state index contributed by atoms with van der Waals surface area (Å²) in [5, 5.41) is 14.1. The standard InChI is InChI=1S/C11H11F6N3O3/c1-5(3-7(21)10(12,13)14)18-8(22)20-9(23,11(15,16)17)4-6(2)19-20/h3,23H,4H2,1-2H3,(H,18,22)/b5-3+/t9-/m0/s1. The summed E-state index contributed by atoms with van der Waals surface area (Å²) < 4.78 is 74.8. The molecule has 1 atom stereocenters. The van der Waals surface area contributed by atoms with E-state index in [0.717, 1.165) is 13.8 Å². The van der Waals surface area contributed by atoms with E-state index in [1.165, 1.54) is 0 Å². The third-order valence-corrected chi connectivity index (χ3v) is 2.70. The smallest absolute Gasteiger partial charge is 0.362 e. The summed E-state index contributed by atoms with van der Waals surface area (Å²) in [6.45, 7) is 1.99. The number of amides is 2. The lowest BCUT2D eigenvalue weighted by Crippen LogP contribution is -2.58. The zero-order chi connectivity index (χ0) is 18.2. The van der Waals surface area contributed by atoms with Gasteiger partial charge in [0, 0.05) is 23.9 Å². The Bertz CT molecular complexity index is 581. The van der Waals surface area contributed by atoms with Crippen molar-refractivity contribution in [2.45, 2.75) is 38.3 Å². The second-order valence-electron chi connectivity index (χ2n) is 4.76. The average molecular weight is 347 g/mol.